The van der Waals surface area contributed by atoms with Gasteiger partial charge < -0.3 is 14.6 Å². The van der Waals surface area contributed by atoms with E-state index in [9.17, 15) is 9.18 Å². The summed E-state index contributed by atoms with van der Waals surface area (Å²) in [5.41, 5.74) is 4.54. The Morgan fingerprint density at radius 3 is 2.63 bits per heavy atom. The Labute approximate surface area is 220 Å². The summed E-state index contributed by atoms with van der Waals surface area (Å²) in [6.07, 6.45) is 2.06. The van der Waals surface area contributed by atoms with Crippen molar-refractivity contribution in [2.24, 2.45) is 0 Å². The van der Waals surface area contributed by atoms with Crippen molar-refractivity contribution in [1.82, 2.24) is 30.1 Å². The quantitative estimate of drug-likeness (QED) is 0.419. The summed E-state index contributed by atoms with van der Waals surface area (Å²) in [4.78, 5) is 21.3. The van der Waals surface area contributed by atoms with Crippen LogP contribution >= 0.6 is 0 Å². The molecule has 2 fully saturated rings. The molecule has 1 N–H and O–H groups in total. The Balaban J connectivity index is 1.37. The summed E-state index contributed by atoms with van der Waals surface area (Å²) in [5.74, 6) is 0.399. The van der Waals surface area contributed by atoms with E-state index < -0.39 is 6.04 Å². The first-order valence-corrected chi connectivity index (χ1v) is 13.2. The number of ether oxygens (including phenoxy) is 1. The van der Waals surface area contributed by atoms with Crippen molar-refractivity contribution < 1.29 is 9.13 Å². The molecular formula is C28H32FN7O2. The molecule has 2 unspecified atom stereocenters. The minimum atomic E-state index is -0.420. The van der Waals surface area contributed by atoms with E-state index in [1.807, 2.05) is 32.0 Å². The third-order valence-electron chi connectivity index (χ3n) is 7.95. The molecule has 0 saturated carbocycles. The van der Waals surface area contributed by atoms with Gasteiger partial charge in [0.2, 0.25) is 0 Å². The fourth-order valence-electron chi connectivity index (χ4n) is 5.65. The highest BCUT2D eigenvalue weighted by Crippen LogP contribution is 2.30. The van der Waals surface area contributed by atoms with Crippen LogP contribution in [0.3, 0.4) is 0 Å². The molecule has 0 radical (unpaired) electrons. The van der Waals surface area contributed by atoms with Crippen LogP contribution in [0.1, 0.15) is 41.4 Å². The van der Waals surface area contributed by atoms with Gasteiger partial charge in [-0.3, -0.25) is 9.69 Å². The van der Waals surface area contributed by atoms with Crippen LogP contribution in [0.25, 0.3) is 10.9 Å². The molecule has 2 aromatic heterocycles. The summed E-state index contributed by atoms with van der Waals surface area (Å²) < 4.78 is 21.1. The summed E-state index contributed by atoms with van der Waals surface area (Å²) in [7, 11) is 0. The highest BCUT2D eigenvalue weighted by atomic mass is 19.1. The number of piperazine rings is 1. The van der Waals surface area contributed by atoms with Crippen molar-refractivity contribution in [3.63, 3.8) is 0 Å². The standard InChI is InChI=1S/C28H32FN7O2/c1-18-5-6-20-16-24(28(37)30-25(20)19(18)2)26(27-31-32-33-36(27)17-23-4-3-15-38-23)35-13-11-34(12-14-35)22-9-7-21(29)8-10-22/h5-10,16,23,26H,3-4,11-15,17H2,1-2H3,(H,30,37). The van der Waals surface area contributed by atoms with Crippen molar-refractivity contribution in [2.75, 3.05) is 37.7 Å². The maximum Gasteiger partial charge on any atom is 0.253 e. The topological polar surface area (TPSA) is 92.2 Å². The fraction of sp³-hybridized carbons (Fsp3) is 0.429. The fourth-order valence-corrected chi connectivity index (χ4v) is 5.65. The number of aryl methyl sites for hydroxylation is 2. The number of H-pyrrole nitrogens is 1. The van der Waals surface area contributed by atoms with Crippen LogP contribution in [0.4, 0.5) is 10.1 Å². The number of fused-ring (bicyclic) bond motifs is 1. The number of nitrogens with one attached hydrogen (secondary N) is 1. The van der Waals surface area contributed by atoms with E-state index in [2.05, 4.69) is 42.4 Å². The number of aromatic nitrogens is 5. The molecule has 2 aliphatic heterocycles. The van der Waals surface area contributed by atoms with Gasteiger partial charge in [0.15, 0.2) is 5.82 Å². The van der Waals surface area contributed by atoms with E-state index in [1.165, 1.54) is 12.1 Å². The molecule has 4 aromatic rings. The van der Waals surface area contributed by atoms with E-state index in [4.69, 9.17) is 4.74 Å². The van der Waals surface area contributed by atoms with Crippen molar-refractivity contribution in [2.45, 2.75) is 45.4 Å². The zero-order chi connectivity index (χ0) is 26.2. The summed E-state index contributed by atoms with van der Waals surface area (Å²) in [6, 6.07) is 12.3. The van der Waals surface area contributed by atoms with Gasteiger partial charge in [0.25, 0.3) is 5.56 Å². The van der Waals surface area contributed by atoms with Gasteiger partial charge in [0.05, 0.1) is 18.2 Å². The SMILES string of the molecule is Cc1ccc2cc(C(c3nnnn3CC3CCCO3)N3CCN(c4ccc(F)cc4)CC3)c(=O)[nH]c2c1C. The number of nitrogens with zero attached hydrogens (tertiary/aromatic N) is 6. The predicted molar refractivity (Wildman–Crippen MR) is 143 cm³/mol. The van der Waals surface area contributed by atoms with Crippen LogP contribution in [0.15, 0.2) is 47.3 Å². The van der Waals surface area contributed by atoms with Gasteiger partial charge in [-0.05, 0) is 84.0 Å². The zero-order valence-electron chi connectivity index (χ0n) is 21.7. The third-order valence-corrected chi connectivity index (χ3v) is 7.95. The normalized spacial score (nSPS) is 19.3. The molecule has 2 saturated heterocycles. The van der Waals surface area contributed by atoms with Crippen LogP contribution in [0, 0.1) is 19.7 Å². The summed E-state index contributed by atoms with van der Waals surface area (Å²) in [6.45, 7) is 8.24. The number of pyridine rings is 1. The number of tetrazole rings is 1. The second-order valence-electron chi connectivity index (χ2n) is 10.3. The van der Waals surface area contributed by atoms with Gasteiger partial charge in [-0.25, -0.2) is 9.07 Å². The van der Waals surface area contributed by atoms with Crippen LogP contribution in [0.2, 0.25) is 0 Å². The molecule has 2 atom stereocenters. The second kappa shape index (κ2) is 10.3. The zero-order valence-corrected chi connectivity index (χ0v) is 21.7. The Morgan fingerprint density at radius 1 is 1.11 bits per heavy atom. The molecule has 0 bridgehead atoms. The molecule has 9 nitrogen and oxygen atoms in total. The lowest BCUT2D eigenvalue weighted by molar-refractivity contribution is 0.0906. The van der Waals surface area contributed by atoms with Crippen LogP contribution < -0.4 is 10.5 Å². The third kappa shape index (κ3) is 4.69. The molecule has 4 heterocycles. The van der Waals surface area contributed by atoms with Gasteiger partial charge in [-0.15, -0.1) is 5.10 Å². The number of benzene rings is 2. The molecule has 198 valence electrons. The molecule has 10 heteroatoms. The van der Waals surface area contributed by atoms with Crippen molar-refractivity contribution in [3.05, 3.63) is 81.2 Å². The minimum Gasteiger partial charge on any atom is -0.376 e. The van der Waals surface area contributed by atoms with Crippen molar-refractivity contribution >= 4 is 16.6 Å². The number of hydrogen-bond donors (Lipinski definition) is 1. The molecule has 0 amide bonds. The number of anilines is 1. The van der Waals surface area contributed by atoms with Crippen molar-refractivity contribution in [3.8, 4) is 0 Å². The minimum absolute atomic E-state index is 0.0636. The number of aromatic amines is 1. The summed E-state index contributed by atoms with van der Waals surface area (Å²) in [5, 5.41) is 13.7. The number of rotatable bonds is 6. The van der Waals surface area contributed by atoms with Crippen LogP contribution in [-0.2, 0) is 11.3 Å². The van der Waals surface area contributed by atoms with Gasteiger partial charge in [-0.2, -0.15) is 0 Å². The van der Waals surface area contributed by atoms with Crippen molar-refractivity contribution in [1.29, 1.82) is 0 Å². The molecule has 2 aliphatic rings. The first kappa shape index (κ1) is 24.7. The lowest BCUT2D eigenvalue weighted by Gasteiger charge is -2.39. The largest absolute Gasteiger partial charge is 0.376 e. The van der Waals surface area contributed by atoms with Gasteiger partial charge >= 0.3 is 0 Å². The molecule has 2 aromatic carbocycles. The Hall–Kier alpha value is -3.63. The number of hydrogen-bond acceptors (Lipinski definition) is 7. The predicted octanol–water partition coefficient (Wildman–Crippen LogP) is 3.36. The lowest BCUT2D eigenvalue weighted by Crippen LogP contribution is -2.49. The van der Waals surface area contributed by atoms with E-state index in [0.29, 0.717) is 31.0 Å². The Bertz CT molecular complexity index is 1490. The van der Waals surface area contributed by atoms with E-state index in [1.54, 1.807) is 4.68 Å². The average Bonchev–Trinajstić information content (AvgIpc) is 3.61. The van der Waals surface area contributed by atoms with Gasteiger partial charge in [-0.1, -0.05) is 12.1 Å². The maximum absolute atomic E-state index is 13.6. The molecule has 0 spiro atoms. The average molecular weight is 518 g/mol. The van der Waals surface area contributed by atoms with E-state index in [-0.39, 0.29) is 17.5 Å². The molecular weight excluding hydrogens is 485 g/mol. The lowest BCUT2D eigenvalue weighted by atomic mass is 9.99. The Morgan fingerprint density at radius 2 is 1.89 bits per heavy atom. The Kier molecular flexibility index (Phi) is 6.67. The number of halogens is 1. The highest BCUT2D eigenvalue weighted by molar-refractivity contribution is 5.83. The molecule has 0 aliphatic carbocycles. The second-order valence-corrected chi connectivity index (χ2v) is 10.3. The van der Waals surface area contributed by atoms with Gasteiger partial charge in [0, 0.05) is 44.0 Å². The first-order chi connectivity index (χ1) is 18.5. The van der Waals surface area contributed by atoms with E-state index >= 15 is 0 Å². The molecule has 6 rings (SSSR count). The summed E-state index contributed by atoms with van der Waals surface area (Å²) >= 11 is 0. The van der Waals surface area contributed by atoms with Gasteiger partial charge in [0.1, 0.15) is 11.9 Å². The monoisotopic (exact) mass is 517 g/mol. The molecule has 38 heavy (non-hydrogen) atoms. The first-order valence-electron chi connectivity index (χ1n) is 13.2. The maximum atomic E-state index is 13.6. The smallest absolute Gasteiger partial charge is 0.253 e. The van der Waals surface area contributed by atoms with E-state index in [0.717, 1.165) is 60.3 Å². The highest BCUT2D eigenvalue weighted by Gasteiger charge is 2.33. The van der Waals surface area contributed by atoms with Crippen LogP contribution in [-0.4, -0.2) is 69.0 Å². The van der Waals surface area contributed by atoms with Crippen LogP contribution in [0.5, 0.6) is 0 Å².